The highest BCUT2D eigenvalue weighted by Crippen LogP contribution is 2.37. The molecule has 186 valence electrons. The molecule has 0 unspecified atom stereocenters. The number of nitrogens with one attached hydrogen (secondary N) is 1. The summed E-state index contributed by atoms with van der Waals surface area (Å²) in [4.78, 5) is 50.0. The first-order chi connectivity index (χ1) is 16.7. The molecule has 11 nitrogen and oxygen atoms in total. The summed E-state index contributed by atoms with van der Waals surface area (Å²) in [6.45, 7) is 3.19. The number of urea groups is 1. The third-order valence-corrected chi connectivity index (χ3v) is 5.26. The van der Waals surface area contributed by atoms with E-state index in [9.17, 15) is 19.2 Å². The van der Waals surface area contributed by atoms with E-state index in [1.165, 1.54) is 39.4 Å². The van der Waals surface area contributed by atoms with E-state index in [0.717, 1.165) is 4.90 Å². The van der Waals surface area contributed by atoms with Crippen molar-refractivity contribution in [1.29, 1.82) is 0 Å². The van der Waals surface area contributed by atoms with Crippen molar-refractivity contribution in [2.24, 2.45) is 0 Å². The number of nitrogens with zero attached hydrogens (tertiary/aromatic N) is 1. The van der Waals surface area contributed by atoms with Crippen LogP contribution in [0.3, 0.4) is 0 Å². The number of amides is 3. The molecule has 2 aromatic rings. The molecule has 0 saturated carbocycles. The van der Waals surface area contributed by atoms with Crippen LogP contribution in [0.1, 0.15) is 35.7 Å². The van der Waals surface area contributed by atoms with Gasteiger partial charge in [-0.25, -0.2) is 14.4 Å². The van der Waals surface area contributed by atoms with Crippen LogP contribution >= 0.6 is 15.9 Å². The number of methoxy groups -OCH3 is 2. The van der Waals surface area contributed by atoms with E-state index in [1.54, 1.807) is 19.1 Å². The van der Waals surface area contributed by atoms with Crippen LogP contribution < -0.4 is 14.8 Å². The fourth-order valence-electron chi connectivity index (χ4n) is 3.16. The van der Waals surface area contributed by atoms with E-state index in [4.69, 9.17) is 18.6 Å². The van der Waals surface area contributed by atoms with Crippen LogP contribution in [0.4, 0.5) is 4.79 Å². The SMILES string of the molecule is CCOC(=O)[C@H](C)Oc1c(/C=C2\NC(=O)N(Cc3ccc(C(=O)OC)o3)C2=O)cc(Br)cc1OC. The third-order valence-electron chi connectivity index (χ3n) is 4.81. The number of carbonyl (C=O) groups excluding carboxylic acids is 4. The Balaban J connectivity index is 1.89. The number of ether oxygens (including phenoxy) is 4. The van der Waals surface area contributed by atoms with Crippen molar-refractivity contribution in [2.75, 3.05) is 20.8 Å². The molecule has 1 saturated heterocycles. The predicted octanol–water partition coefficient (Wildman–Crippen LogP) is 3.26. The lowest BCUT2D eigenvalue weighted by Crippen LogP contribution is -2.30. The van der Waals surface area contributed by atoms with Gasteiger partial charge in [0.25, 0.3) is 5.91 Å². The highest BCUT2D eigenvalue weighted by atomic mass is 79.9. The lowest BCUT2D eigenvalue weighted by molar-refractivity contribution is -0.150. The zero-order valence-electron chi connectivity index (χ0n) is 19.4. The minimum atomic E-state index is -0.962. The van der Waals surface area contributed by atoms with Gasteiger partial charge in [0.2, 0.25) is 5.76 Å². The molecular formula is C23H23BrN2O9. The molecule has 12 heteroatoms. The number of carbonyl (C=O) groups is 4. The van der Waals surface area contributed by atoms with Crippen LogP contribution in [0.25, 0.3) is 6.08 Å². The summed E-state index contributed by atoms with van der Waals surface area (Å²) in [7, 11) is 2.64. The number of esters is 2. The second-order valence-corrected chi connectivity index (χ2v) is 8.09. The van der Waals surface area contributed by atoms with Gasteiger partial charge in [-0.2, -0.15) is 0 Å². The largest absolute Gasteiger partial charge is 0.493 e. The minimum absolute atomic E-state index is 0.0384. The van der Waals surface area contributed by atoms with Crippen LogP contribution in [0.2, 0.25) is 0 Å². The van der Waals surface area contributed by atoms with E-state index < -0.39 is 30.0 Å². The number of furan rings is 1. The molecule has 1 aliphatic rings. The molecule has 1 aromatic carbocycles. The Morgan fingerprint density at radius 3 is 2.63 bits per heavy atom. The van der Waals surface area contributed by atoms with Gasteiger partial charge in [-0.05, 0) is 44.2 Å². The van der Waals surface area contributed by atoms with Crippen molar-refractivity contribution in [1.82, 2.24) is 10.2 Å². The Bertz CT molecular complexity index is 1190. The monoisotopic (exact) mass is 550 g/mol. The van der Waals surface area contributed by atoms with Crippen LogP contribution in [0, 0.1) is 0 Å². The first kappa shape index (κ1) is 25.8. The Hall–Kier alpha value is -3.80. The predicted molar refractivity (Wildman–Crippen MR) is 125 cm³/mol. The molecule has 0 aliphatic carbocycles. The maximum absolute atomic E-state index is 13.0. The van der Waals surface area contributed by atoms with E-state index in [1.807, 2.05) is 0 Å². The molecule has 35 heavy (non-hydrogen) atoms. The van der Waals surface area contributed by atoms with Crippen molar-refractivity contribution in [3.05, 3.63) is 51.5 Å². The van der Waals surface area contributed by atoms with Crippen LogP contribution in [0.15, 0.2) is 38.9 Å². The molecule has 2 heterocycles. The molecule has 3 amide bonds. The topological polar surface area (TPSA) is 134 Å². The molecule has 1 N–H and O–H groups in total. The first-order valence-corrected chi connectivity index (χ1v) is 11.2. The number of hydrogen-bond donors (Lipinski definition) is 1. The summed E-state index contributed by atoms with van der Waals surface area (Å²) >= 11 is 3.37. The van der Waals surface area contributed by atoms with Gasteiger partial charge in [0, 0.05) is 10.0 Å². The number of hydrogen-bond acceptors (Lipinski definition) is 9. The van der Waals surface area contributed by atoms with Crippen LogP contribution in [-0.2, 0) is 25.6 Å². The Kier molecular flexibility index (Phi) is 8.18. The van der Waals surface area contributed by atoms with E-state index in [-0.39, 0.29) is 36.1 Å². The van der Waals surface area contributed by atoms with Crippen molar-refractivity contribution in [3.63, 3.8) is 0 Å². The summed E-state index contributed by atoms with van der Waals surface area (Å²) in [6.07, 6.45) is 0.443. The summed E-state index contributed by atoms with van der Waals surface area (Å²) in [5.74, 6) is -1.25. The van der Waals surface area contributed by atoms with E-state index in [0.29, 0.717) is 15.8 Å². The Morgan fingerprint density at radius 2 is 1.97 bits per heavy atom. The second kappa shape index (κ2) is 11.1. The van der Waals surface area contributed by atoms with E-state index in [2.05, 4.69) is 26.0 Å². The zero-order chi connectivity index (χ0) is 25.7. The normalized spacial score (nSPS) is 15.1. The Morgan fingerprint density at radius 1 is 1.23 bits per heavy atom. The van der Waals surface area contributed by atoms with Gasteiger partial charge in [0.05, 0.1) is 27.4 Å². The van der Waals surface area contributed by atoms with Gasteiger partial charge < -0.3 is 28.7 Å². The van der Waals surface area contributed by atoms with Gasteiger partial charge in [0.1, 0.15) is 11.5 Å². The lowest BCUT2D eigenvalue weighted by atomic mass is 10.1. The fraction of sp³-hybridized carbons (Fsp3) is 0.304. The molecule has 1 atom stereocenters. The number of halogens is 1. The zero-order valence-corrected chi connectivity index (χ0v) is 21.0. The summed E-state index contributed by atoms with van der Waals surface area (Å²) < 4.78 is 26.7. The standard InChI is InChI=1S/C23H23BrN2O9/c1-5-33-21(28)12(2)34-19-13(8-14(24)10-18(19)31-3)9-16-20(27)26(23(30)25-16)11-15-6-7-17(35-15)22(29)32-4/h6-10,12H,5,11H2,1-4H3,(H,25,30)/b16-9-/t12-/m0/s1. The number of benzene rings is 1. The second-order valence-electron chi connectivity index (χ2n) is 7.18. The molecule has 0 spiro atoms. The van der Waals surface area contributed by atoms with Gasteiger partial charge in [-0.15, -0.1) is 0 Å². The van der Waals surface area contributed by atoms with Crippen molar-refractivity contribution >= 4 is 45.9 Å². The van der Waals surface area contributed by atoms with Gasteiger partial charge in [-0.3, -0.25) is 9.69 Å². The number of imide groups is 1. The molecule has 1 fully saturated rings. The smallest absolute Gasteiger partial charge is 0.373 e. The third kappa shape index (κ3) is 5.83. The van der Waals surface area contributed by atoms with Crippen molar-refractivity contribution in [2.45, 2.75) is 26.5 Å². The molecule has 1 aromatic heterocycles. The highest BCUT2D eigenvalue weighted by Gasteiger charge is 2.35. The van der Waals surface area contributed by atoms with Crippen molar-refractivity contribution in [3.8, 4) is 11.5 Å². The average molecular weight is 551 g/mol. The molecule has 0 bridgehead atoms. The molecule has 1 aliphatic heterocycles. The van der Waals surface area contributed by atoms with Gasteiger partial charge in [-0.1, -0.05) is 15.9 Å². The molecule has 3 rings (SSSR count). The molecule has 0 radical (unpaired) electrons. The van der Waals surface area contributed by atoms with Gasteiger partial charge >= 0.3 is 18.0 Å². The first-order valence-electron chi connectivity index (χ1n) is 10.4. The van der Waals surface area contributed by atoms with Crippen LogP contribution in [0.5, 0.6) is 11.5 Å². The number of rotatable bonds is 9. The summed E-state index contributed by atoms with van der Waals surface area (Å²) in [5, 5.41) is 2.51. The van der Waals surface area contributed by atoms with Gasteiger partial charge in [0.15, 0.2) is 17.6 Å². The Labute approximate surface area is 209 Å². The van der Waals surface area contributed by atoms with Crippen LogP contribution in [-0.4, -0.2) is 55.7 Å². The lowest BCUT2D eigenvalue weighted by Gasteiger charge is -2.18. The maximum atomic E-state index is 13.0. The summed E-state index contributed by atoms with van der Waals surface area (Å²) in [5.41, 5.74) is 0.326. The highest BCUT2D eigenvalue weighted by molar-refractivity contribution is 9.10. The molecular weight excluding hydrogens is 528 g/mol. The average Bonchev–Trinajstić information content (AvgIpc) is 3.40. The van der Waals surface area contributed by atoms with E-state index >= 15 is 0 Å². The van der Waals surface area contributed by atoms with Crippen molar-refractivity contribution < 1.29 is 42.5 Å². The quantitative estimate of drug-likeness (QED) is 0.283. The maximum Gasteiger partial charge on any atom is 0.373 e. The fourth-order valence-corrected chi connectivity index (χ4v) is 3.61. The minimum Gasteiger partial charge on any atom is -0.493 e. The summed E-state index contributed by atoms with van der Waals surface area (Å²) in [6, 6.07) is 5.45.